The van der Waals surface area contributed by atoms with E-state index in [1.54, 1.807) is 11.8 Å². The van der Waals surface area contributed by atoms with Crippen molar-refractivity contribution in [2.24, 2.45) is 11.7 Å². The van der Waals surface area contributed by atoms with Gasteiger partial charge in [0.25, 0.3) is 0 Å². The summed E-state index contributed by atoms with van der Waals surface area (Å²) in [6.07, 6.45) is 4.45. The first kappa shape index (κ1) is 22.8. The Morgan fingerprint density at radius 1 is 1.17 bits per heavy atom. The maximum absolute atomic E-state index is 13.1. The molecule has 166 valence electrons. The summed E-state index contributed by atoms with van der Waals surface area (Å²) in [4.78, 5) is 29.7. The fourth-order valence-corrected chi connectivity index (χ4v) is 4.87. The third kappa shape index (κ3) is 6.05. The molecule has 1 saturated carbocycles. The zero-order valence-electron chi connectivity index (χ0n) is 18.7. The molecular formula is C24H38N4O2. The molecular weight excluding hydrogens is 376 g/mol. The van der Waals surface area contributed by atoms with E-state index >= 15 is 0 Å². The van der Waals surface area contributed by atoms with Crippen LogP contribution >= 0.6 is 0 Å². The van der Waals surface area contributed by atoms with Crippen LogP contribution < -0.4 is 11.1 Å². The minimum absolute atomic E-state index is 0.00243. The second-order valence-electron chi connectivity index (χ2n) is 9.51. The van der Waals surface area contributed by atoms with E-state index in [1.807, 2.05) is 6.07 Å². The lowest BCUT2D eigenvalue weighted by molar-refractivity contribution is -0.137. The molecule has 2 aliphatic rings. The van der Waals surface area contributed by atoms with Crippen LogP contribution in [0.1, 0.15) is 58.4 Å². The van der Waals surface area contributed by atoms with Gasteiger partial charge in [0.1, 0.15) is 6.04 Å². The summed E-state index contributed by atoms with van der Waals surface area (Å²) in [5.74, 6) is 0.490. The van der Waals surface area contributed by atoms with Crippen molar-refractivity contribution in [2.45, 2.75) is 83.6 Å². The second-order valence-corrected chi connectivity index (χ2v) is 9.51. The van der Waals surface area contributed by atoms with E-state index in [-0.39, 0.29) is 36.0 Å². The van der Waals surface area contributed by atoms with Gasteiger partial charge in [-0.15, -0.1) is 0 Å². The van der Waals surface area contributed by atoms with E-state index in [1.165, 1.54) is 5.56 Å². The number of nitrogens with one attached hydrogen (secondary N) is 1. The number of carbonyl (C=O) groups excluding carboxylic acids is 2. The summed E-state index contributed by atoms with van der Waals surface area (Å²) in [6, 6.07) is 10.7. The molecule has 2 unspecified atom stereocenters. The normalized spacial score (nSPS) is 26.9. The Morgan fingerprint density at radius 2 is 1.83 bits per heavy atom. The van der Waals surface area contributed by atoms with Crippen LogP contribution in [0.15, 0.2) is 30.3 Å². The fourth-order valence-electron chi connectivity index (χ4n) is 4.87. The number of hydrogen-bond donors (Lipinski definition) is 2. The minimum atomic E-state index is -0.381. The molecule has 1 saturated heterocycles. The highest BCUT2D eigenvalue weighted by Crippen LogP contribution is 2.26. The lowest BCUT2D eigenvalue weighted by atomic mass is 9.91. The number of nitrogens with zero attached hydrogens (tertiary/aromatic N) is 2. The molecule has 1 aliphatic heterocycles. The molecule has 6 nitrogen and oxygen atoms in total. The number of likely N-dealkylation sites (tertiary alicyclic amines) is 1. The standard InChI is InChI=1S/C24H38N4O2/c1-17(2)14-27(15-19-7-5-4-6-8-19)22-13-23(28(16-22)18(3)29)24(30)26-21-11-9-20(25)10-12-21/h4-8,17,20-23H,9-16,25H2,1-3H3,(H,26,30). The molecule has 3 rings (SSSR count). The van der Waals surface area contributed by atoms with Crippen LogP contribution in [-0.2, 0) is 16.1 Å². The summed E-state index contributed by atoms with van der Waals surface area (Å²) in [5.41, 5.74) is 7.26. The summed E-state index contributed by atoms with van der Waals surface area (Å²) < 4.78 is 0. The third-order valence-corrected chi connectivity index (χ3v) is 6.45. The first-order valence-corrected chi connectivity index (χ1v) is 11.4. The van der Waals surface area contributed by atoms with Gasteiger partial charge in [0.05, 0.1) is 0 Å². The predicted molar refractivity (Wildman–Crippen MR) is 120 cm³/mol. The van der Waals surface area contributed by atoms with Gasteiger partial charge in [0.2, 0.25) is 11.8 Å². The summed E-state index contributed by atoms with van der Waals surface area (Å²) in [6.45, 7) is 8.40. The summed E-state index contributed by atoms with van der Waals surface area (Å²) in [5, 5.41) is 3.21. The number of rotatable bonds is 7. The molecule has 2 amide bonds. The molecule has 1 aromatic rings. The zero-order chi connectivity index (χ0) is 21.7. The van der Waals surface area contributed by atoms with Crippen LogP contribution in [0.3, 0.4) is 0 Å². The van der Waals surface area contributed by atoms with Gasteiger partial charge in [0, 0.05) is 44.7 Å². The molecule has 1 heterocycles. The number of amides is 2. The maximum Gasteiger partial charge on any atom is 0.243 e. The first-order valence-electron chi connectivity index (χ1n) is 11.4. The molecule has 3 N–H and O–H groups in total. The molecule has 2 fully saturated rings. The lowest BCUT2D eigenvalue weighted by Gasteiger charge is -2.30. The Labute approximate surface area is 181 Å². The number of carbonyl (C=O) groups is 2. The van der Waals surface area contributed by atoms with Crippen LogP contribution in [0.2, 0.25) is 0 Å². The highest BCUT2D eigenvalue weighted by Gasteiger charge is 2.41. The molecule has 0 radical (unpaired) electrons. The van der Waals surface area contributed by atoms with Crippen LogP contribution in [-0.4, -0.2) is 58.9 Å². The molecule has 0 aromatic heterocycles. The lowest BCUT2D eigenvalue weighted by Crippen LogP contribution is -2.49. The van der Waals surface area contributed by atoms with E-state index in [2.05, 4.69) is 48.3 Å². The van der Waals surface area contributed by atoms with Crippen molar-refractivity contribution in [1.29, 1.82) is 0 Å². The van der Waals surface area contributed by atoms with Crippen LogP contribution in [0.5, 0.6) is 0 Å². The van der Waals surface area contributed by atoms with E-state index in [9.17, 15) is 9.59 Å². The zero-order valence-corrected chi connectivity index (χ0v) is 18.7. The van der Waals surface area contributed by atoms with E-state index < -0.39 is 0 Å². The second kappa shape index (κ2) is 10.4. The van der Waals surface area contributed by atoms with Gasteiger partial charge in [-0.25, -0.2) is 0 Å². The molecule has 2 atom stereocenters. The van der Waals surface area contributed by atoms with E-state index in [0.29, 0.717) is 18.9 Å². The smallest absolute Gasteiger partial charge is 0.243 e. The minimum Gasteiger partial charge on any atom is -0.352 e. The molecule has 1 aromatic carbocycles. The van der Waals surface area contributed by atoms with Crippen LogP contribution in [0, 0.1) is 5.92 Å². The van der Waals surface area contributed by atoms with Crippen molar-refractivity contribution < 1.29 is 9.59 Å². The number of hydrogen-bond acceptors (Lipinski definition) is 4. The third-order valence-electron chi connectivity index (χ3n) is 6.45. The van der Waals surface area contributed by atoms with Gasteiger partial charge in [-0.3, -0.25) is 14.5 Å². The van der Waals surface area contributed by atoms with Gasteiger partial charge in [-0.2, -0.15) is 0 Å². The Kier molecular flexibility index (Phi) is 7.89. The highest BCUT2D eigenvalue weighted by atomic mass is 16.2. The Balaban J connectivity index is 1.69. The van der Waals surface area contributed by atoms with Crippen molar-refractivity contribution in [3.05, 3.63) is 35.9 Å². The largest absolute Gasteiger partial charge is 0.352 e. The van der Waals surface area contributed by atoms with Crippen LogP contribution in [0.25, 0.3) is 0 Å². The monoisotopic (exact) mass is 414 g/mol. The molecule has 30 heavy (non-hydrogen) atoms. The molecule has 0 spiro atoms. The van der Waals surface area contributed by atoms with Gasteiger partial charge < -0.3 is 16.0 Å². The van der Waals surface area contributed by atoms with Crippen LogP contribution in [0.4, 0.5) is 0 Å². The SMILES string of the molecule is CC(=O)N1CC(N(Cc2ccccc2)CC(C)C)CC1C(=O)NC1CCC(N)CC1. The number of nitrogens with two attached hydrogens (primary N) is 1. The Hall–Kier alpha value is -1.92. The van der Waals surface area contributed by atoms with Gasteiger partial charge in [-0.05, 0) is 43.6 Å². The van der Waals surface area contributed by atoms with Crippen molar-refractivity contribution in [3.63, 3.8) is 0 Å². The van der Waals surface area contributed by atoms with Crippen molar-refractivity contribution in [1.82, 2.24) is 15.1 Å². The van der Waals surface area contributed by atoms with Crippen molar-refractivity contribution >= 4 is 11.8 Å². The van der Waals surface area contributed by atoms with Gasteiger partial charge >= 0.3 is 0 Å². The molecule has 0 bridgehead atoms. The maximum atomic E-state index is 13.1. The van der Waals surface area contributed by atoms with E-state index in [4.69, 9.17) is 5.73 Å². The quantitative estimate of drug-likeness (QED) is 0.719. The summed E-state index contributed by atoms with van der Waals surface area (Å²) in [7, 11) is 0. The van der Waals surface area contributed by atoms with Gasteiger partial charge in [0.15, 0.2) is 0 Å². The first-order chi connectivity index (χ1) is 14.3. The number of benzene rings is 1. The van der Waals surface area contributed by atoms with E-state index in [0.717, 1.165) is 38.8 Å². The average Bonchev–Trinajstić information content (AvgIpc) is 3.16. The Morgan fingerprint density at radius 3 is 2.43 bits per heavy atom. The fraction of sp³-hybridized carbons (Fsp3) is 0.667. The average molecular weight is 415 g/mol. The van der Waals surface area contributed by atoms with Crippen molar-refractivity contribution in [2.75, 3.05) is 13.1 Å². The Bertz CT molecular complexity index is 700. The van der Waals surface area contributed by atoms with Crippen molar-refractivity contribution in [3.8, 4) is 0 Å². The van der Waals surface area contributed by atoms with Gasteiger partial charge in [-0.1, -0.05) is 44.2 Å². The molecule has 6 heteroatoms. The highest BCUT2D eigenvalue weighted by molar-refractivity contribution is 5.87. The topological polar surface area (TPSA) is 78.7 Å². The summed E-state index contributed by atoms with van der Waals surface area (Å²) >= 11 is 0. The molecule has 1 aliphatic carbocycles. The predicted octanol–water partition coefficient (Wildman–Crippen LogP) is 2.52.